The van der Waals surface area contributed by atoms with Gasteiger partial charge in [0.25, 0.3) is 0 Å². The molecular formula is C9H16N2O2. The second-order valence-corrected chi connectivity index (χ2v) is 2.55. The van der Waals surface area contributed by atoms with Crippen LogP contribution in [-0.4, -0.2) is 24.9 Å². The molecule has 0 unspecified atom stereocenters. The van der Waals surface area contributed by atoms with E-state index in [2.05, 4.69) is 17.2 Å². The predicted octanol–water partition coefficient (Wildman–Crippen LogP) is 0.205. The Morgan fingerprint density at radius 3 is 2.46 bits per heavy atom. The van der Waals surface area contributed by atoms with Crippen molar-refractivity contribution >= 4 is 11.8 Å². The number of carbonyl (C=O) groups is 2. The van der Waals surface area contributed by atoms with Crippen LogP contribution in [0.1, 0.15) is 19.8 Å². The molecule has 0 aromatic carbocycles. The summed E-state index contributed by atoms with van der Waals surface area (Å²) < 4.78 is 0. The van der Waals surface area contributed by atoms with E-state index in [-0.39, 0.29) is 11.8 Å². The van der Waals surface area contributed by atoms with Crippen LogP contribution in [0, 0.1) is 0 Å². The number of hydrogen-bond donors (Lipinski definition) is 2. The minimum Gasteiger partial charge on any atom is -0.356 e. The average Bonchev–Trinajstić information content (AvgIpc) is 2.16. The molecule has 2 N–H and O–H groups in total. The Bertz CT molecular complexity index is 190. The van der Waals surface area contributed by atoms with Crippen molar-refractivity contribution in [2.45, 2.75) is 19.8 Å². The van der Waals surface area contributed by atoms with Crippen molar-refractivity contribution in [2.75, 3.05) is 13.1 Å². The lowest BCUT2D eigenvalue weighted by atomic mass is 10.4. The fourth-order valence-corrected chi connectivity index (χ4v) is 0.725. The molecule has 0 saturated heterocycles. The SMILES string of the molecule is C=CC(=O)NCCCNC(=O)CC. The van der Waals surface area contributed by atoms with E-state index in [0.717, 1.165) is 6.42 Å². The molecule has 0 aliphatic heterocycles. The Morgan fingerprint density at radius 2 is 1.92 bits per heavy atom. The summed E-state index contributed by atoms with van der Waals surface area (Å²) >= 11 is 0. The highest BCUT2D eigenvalue weighted by atomic mass is 16.2. The first kappa shape index (κ1) is 11.7. The van der Waals surface area contributed by atoms with Crippen LogP contribution >= 0.6 is 0 Å². The van der Waals surface area contributed by atoms with Crippen LogP contribution in [0.5, 0.6) is 0 Å². The van der Waals surface area contributed by atoms with Crippen molar-refractivity contribution in [3.05, 3.63) is 12.7 Å². The summed E-state index contributed by atoms with van der Waals surface area (Å²) in [6, 6.07) is 0. The van der Waals surface area contributed by atoms with Gasteiger partial charge in [0.15, 0.2) is 0 Å². The van der Waals surface area contributed by atoms with Gasteiger partial charge in [-0.25, -0.2) is 0 Å². The maximum Gasteiger partial charge on any atom is 0.243 e. The third kappa shape index (κ3) is 7.05. The fourth-order valence-electron chi connectivity index (χ4n) is 0.725. The van der Waals surface area contributed by atoms with Crippen molar-refractivity contribution in [1.29, 1.82) is 0 Å². The predicted molar refractivity (Wildman–Crippen MR) is 51.1 cm³/mol. The maximum atomic E-state index is 10.8. The average molecular weight is 184 g/mol. The highest BCUT2D eigenvalue weighted by molar-refractivity contribution is 5.86. The lowest BCUT2D eigenvalue weighted by Gasteiger charge is -2.03. The van der Waals surface area contributed by atoms with Crippen molar-refractivity contribution < 1.29 is 9.59 Å². The Morgan fingerprint density at radius 1 is 1.31 bits per heavy atom. The summed E-state index contributed by atoms with van der Waals surface area (Å²) in [7, 11) is 0. The Hall–Kier alpha value is -1.32. The van der Waals surface area contributed by atoms with E-state index in [1.54, 1.807) is 6.92 Å². The van der Waals surface area contributed by atoms with E-state index in [9.17, 15) is 9.59 Å². The second-order valence-electron chi connectivity index (χ2n) is 2.55. The number of hydrogen-bond acceptors (Lipinski definition) is 2. The normalized spacial score (nSPS) is 9.00. The monoisotopic (exact) mass is 184 g/mol. The van der Waals surface area contributed by atoms with E-state index in [1.807, 2.05) is 0 Å². The first-order valence-corrected chi connectivity index (χ1v) is 4.37. The van der Waals surface area contributed by atoms with Crippen molar-refractivity contribution in [2.24, 2.45) is 0 Å². The van der Waals surface area contributed by atoms with Gasteiger partial charge in [0.05, 0.1) is 0 Å². The Balaban J connectivity index is 3.21. The molecule has 0 fully saturated rings. The third-order valence-electron chi connectivity index (χ3n) is 1.48. The van der Waals surface area contributed by atoms with Crippen molar-refractivity contribution in [3.8, 4) is 0 Å². The summed E-state index contributed by atoms with van der Waals surface area (Å²) in [5.74, 6) is -0.142. The largest absolute Gasteiger partial charge is 0.356 e. The highest BCUT2D eigenvalue weighted by Gasteiger charge is 1.95. The minimum atomic E-state index is -0.179. The van der Waals surface area contributed by atoms with Gasteiger partial charge in [-0.15, -0.1) is 0 Å². The van der Waals surface area contributed by atoms with E-state index < -0.39 is 0 Å². The maximum absolute atomic E-state index is 10.8. The quantitative estimate of drug-likeness (QED) is 0.458. The number of nitrogens with one attached hydrogen (secondary N) is 2. The zero-order valence-corrected chi connectivity index (χ0v) is 7.93. The first-order valence-electron chi connectivity index (χ1n) is 4.37. The van der Waals surface area contributed by atoms with Crippen molar-refractivity contribution in [3.63, 3.8) is 0 Å². The molecule has 0 aliphatic carbocycles. The van der Waals surface area contributed by atoms with Crippen LogP contribution in [0.3, 0.4) is 0 Å². The molecule has 0 aromatic rings. The molecule has 0 saturated carbocycles. The zero-order chi connectivity index (χ0) is 10.1. The van der Waals surface area contributed by atoms with E-state index in [4.69, 9.17) is 0 Å². The molecule has 4 heteroatoms. The topological polar surface area (TPSA) is 58.2 Å². The molecular weight excluding hydrogens is 168 g/mol. The molecule has 0 aliphatic rings. The molecule has 0 aromatic heterocycles. The summed E-state index contributed by atoms with van der Waals surface area (Å²) in [6.45, 7) is 6.29. The van der Waals surface area contributed by atoms with Crippen LogP contribution in [0.2, 0.25) is 0 Å². The lowest BCUT2D eigenvalue weighted by Crippen LogP contribution is -2.28. The van der Waals surface area contributed by atoms with Gasteiger partial charge in [-0.05, 0) is 12.5 Å². The standard InChI is InChI=1S/C9H16N2O2/c1-3-8(12)10-6-5-7-11-9(13)4-2/h3H,1,4-7H2,2H3,(H,10,12)(H,11,13). The van der Waals surface area contributed by atoms with Gasteiger partial charge in [0.1, 0.15) is 0 Å². The van der Waals surface area contributed by atoms with Crippen LogP contribution in [0.25, 0.3) is 0 Å². The summed E-state index contributed by atoms with van der Waals surface area (Å²) in [4.78, 5) is 21.4. The Kier molecular flexibility index (Phi) is 6.59. The summed E-state index contributed by atoms with van der Waals surface area (Å²) in [5.41, 5.74) is 0. The third-order valence-corrected chi connectivity index (χ3v) is 1.48. The first-order chi connectivity index (χ1) is 6.20. The molecule has 13 heavy (non-hydrogen) atoms. The van der Waals surface area contributed by atoms with E-state index in [1.165, 1.54) is 6.08 Å². The molecule has 2 amide bonds. The molecule has 0 spiro atoms. The van der Waals surface area contributed by atoms with Crippen LogP contribution in [0.15, 0.2) is 12.7 Å². The Labute approximate surface area is 78.4 Å². The van der Waals surface area contributed by atoms with E-state index >= 15 is 0 Å². The van der Waals surface area contributed by atoms with Crippen LogP contribution in [-0.2, 0) is 9.59 Å². The van der Waals surface area contributed by atoms with Crippen LogP contribution < -0.4 is 10.6 Å². The number of rotatable bonds is 6. The molecule has 0 atom stereocenters. The molecule has 0 rings (SSSR count). The molecule has 4 nitrogen and oxygen atoms in total. The van der Waals surface area contributed by atoms with Gasteiger partial charge in [0.2, 0.25) is 11.8 Å². The van der Waals surface area contributed by atoms with Gasteiger partial charge in [-0.3, -0.25) is 9.59 Å². The lowest BCUT2D eigenvalue weighted by molar-refractivity contribution is -0.120. The van der Waals surface area contributed by atoms with Gasteiger partial charge >= 0.3 is 0 Å². The second kappa shape index (κ2) is 7.34. The smallest absolute Gasteiger partial charge is 0.243 e. The minimum absolute atomic E-state index is 0.0371. The molecule has 0 radical (unpaired) electrons. The fraction of sp³-hybridized carbons (Fsp3) is 0.556. The van der Waals surface area contributed by atoms with Crippen molar-refractivity contribution in [1.82, 2.24) is 10.6 Å². The van der Waals surface area contributed by atoms with Gasteiger partial charge < -0.3 is 10.6 Å². The molecule has 0 heterocycles. The van der Waals surface area contributed by atoms with Gasteiger partial charge in [-0.2, -0.15) is 0 Å². The number of carbonyl (C=O) groups excluding carboxylic acids is 2. The molecule has 74 valence electrons. The van der Waals surface area contributed by atoms with Crippen LogP contribution in [0.4, 0.5) is 0 Å². The van der Waals surface area contributed by atoms with E-state index in [0.29, 0.717) is 19.5 Å². The number of amides is 2. The van der Waals surface area contributed by atoms with Gasteiger partial charge in [0, 0.05) is 19.5 Å². The van der Waals surface area contributed by atoms with Gasteiger partial charge in [-0.1, -0.05) is 13.5 Å². The summed E-state index contributed by atoms with van der Waals surface area (Å²) in [6.07, 6.45) is 2.47. The summed E-state index contributed by atoms with van der Waals surface area (Å²) in [5, 5.41) is 5.32. The molecule has 0 bridgehead atoms. The zero-order valence-electron chi connectivity index (χ0n) is 7.93. The highest BCUT2D eigenvalue weighted by Crippen LogP contribution is 1.78.